The van der Waals surface area contributed by atoms with Gasteiger partial charge in [0.1, 0.15) is 13.2 Å². The second-order valence-corrected chi connectivity index (χ2v) is 10.6. The van der Waals surface area contributed by atoms with Crippen LogP contribution in [0.3, 0.4) is 0 Å². The first-order chi connectivity index (χ1) is 14.1. The van der Waals surface area contributed by atoms with Crippen molar-refractivity contribution in [2.24, 2.45) is 5.92 Å². The molecule has 6 nitrogen and oxygen atoms in total. The van der Waals surface area contributed by atoms with E-state index in [2.05, 4.69) is 36.3 Å². The van der Waals surface area contributed by atoms with E-state index in [0.717, 1.165) is 31.5 Å². The molecule has 1 aliphatic heterocycles. The fourth-order valence-corrected chi connectivity index (χ4v) is 5.83. The van der Waals surface area contributed by atoms with Crippen molar-refractivity contribution in [2.45, 2.75) is 48.3 Å². The normalized spacial score (nSPS) is 14.1. The van der Waals surface area contributed by atoms with Gasteiger partial charge in [0.2, 0.25) is 5.91 Å². The Bertz CT molecular complexity index is 813. The predicted molar refractivity (Wildman–Crippen MR) is 119 cm³/mol. The maximum Gasteiger partial charge on any atom is 0.230 e. The molecular formula is C20H27N3O3S3. The summed E-state index contributed by atoms with van der Waals surface area (Å²) >= 11 is 4.72. The van der Waals surface area contributed by atoms with Crippen molar-refractivity contribution in [3.63, 3.8) is 0 Å². The highest BCUT2D eigenvalue weighted by molar-refractivity contribution is 8.03. The monoisotopic (exact) mass is 453 g/mol. The van der Waals surface area contributed by atoms with E-state index in [4.69, 9.17) is 9.47 Å². The number of amides is 1. The first kappa shape index (κ1) is 22.2. The Morgan fingerprint density at radius 3 is 2.62 bits per heavy atom. The molecule has 0 radical (unpaired) electrons. The molecular weight excluding hydrogens is 426 g/mol. The molecule has 1 unspecified atom stereocenters. The molecule has 0 saturated heterocycles. The highest BCUT2D eigenvalue weighted by Crippen LogP contribution is 2.34. The smallest absolute Gasteiger partial charge is 0.230 e. The maximum atomic E-state index is 12.6. The number of thioether (sulfide) groups is 2. The molecule has 1 amide bonds. The summed E-state index contributed by atoms with van der Waals surface area (Å²) in [7, 11) is 0. The zero-order valence-corrected chi connectivity index (χ0v) is 19.4. The van der Waals surface area contributed by atoms with Gasteiger partial charge in [-0.3, -0.25) is 4.79 Å². The Morgan fingerprint density at radius 2 is 1.90 bits per heavy atom. The second kappa shape index (κ2) is 11.1. The molecule has 0 saturated carbocycles. The zero-order chi connectivity index (χ0) is 20.6. The highest BCUT2D eigenvalue weighted by atomic mass is 32.2. The zero-order valence-electron chi connectivity index (χ0n) is 17.0. The van der Waals surface area contributed by atoms with Gasteiger partial charge in [-0.2, -0.15) is 0 Å². The molecule has 2 aromatic rings. The molecule has 29 heavy (non-hydrogen) atoms. The van der Waals surface area contributed by atoms with Gasteiger partial charge in [0.15, 0.2) is 20.2 Å². The van der Waals surface area contributed by atoms with Crippen molar-refractivity contribution in [3.05, 3.63) is 23.8 Å². The summed E-state index contributed by atoms with van der Waals surface area (Å²) in [5.41, 5.74) is 1.02. The Kier molecular flexibility index (Phi) is 8.50. The number of benzene rings is 1. The lowest BCUT2D eigenvalue weighted by Crippen LogP contribution is -2.33. The van der Waals surface area contributed by atoms with Crippen LogP contribution in [0.5, 0.6) is 11.5 Å². The molecule has 0 aliphatic carbocycles. The molecule has 158 valence electrons. The number of carbonyl (C=O) groups is 1. The largest absolute Gasteiger partial charge is 0.486 e. The number of hydrogen-bond donors (Lipinski definition) is 1. The van der Waals surface area contributed by atoms with E-state index in [1.54, 1.807) is 23.1 Å². The van der Waals surface area contributed by atoms with E-state index in [0.29, 0.717) is 19.0 Å². The predicted octanol–water partition coefficient (Wildman–Crippen LogP) is 4.81. The standard InChI is InChI=1S/C20H27N3O3S3/c1-4-5-10-27-19-22-23-20(29-19)28-12-17(24)21-18(13(2)3)14-6-7-15-16(11-14)26-9-8-25-15/h6-7,11,13,18H,4-5,8-10,12H2,1-3H3,(H,21,24). The Hall–Kier alpha value is -1.45. The second-order valence-electron chi connectivity index (χ2n) is 7.02. The van der Waals surface area contributed by atoms with Crippen LogP contribution in [0, 0.1) is 5.92 Å². The Morgan fingerprint density at radius 1 is 1.17 bits per heavy atom. The lowest BCUT2D eigenvalue weighted by Gasteiger charge is -2.25. The lowest BCUT2D eigenvalue weighted by molar-refractivity contribution is -0.119. The number of unbranched alkanes of at least 4 members (excludes halogenated alkanes) is 1. The fraction of sp³-hybridized carbons (Fsp3) is 0.550. The van der Waals surface area contributed by atoms with Crippen LogP contribution >= 0.6 is 34.9 Å². The molecule has 3 rings (SSSR count). The van der Waals surface area contributed by atoms with Crippen molar-refractivity contribution < 1.29 is 14.3 Å². The molecule has 1 N–H and O–H groups in total. The first-order valence-electron chi connectivity index (χ1n) is 9.84. The van der Waals surface area contributed by atoms with Gasteiger partial charge in [-0.25, -0.2) is 0 Å². The van der Waals surface area contributed by atoms with Gasteiger partial charge in [-0.15, -0.1) is 10.2 Å². The topological polar surface area (TPSA) is 73.3 Å². The van der Waals surface area contributed by atoms with Crippen molar-refractivity contribution in [2.75, 3.05) is 24.7 Å². The van der Waals surface area contributed by atoms with Crippen LogP contribution in [0.2, 0.25) is 0 Å². The number of aromatic nitrogens is 2. The van der Waals surface area contributed by atoms with Crippen molar-refractivity contribution in [3.8, 4) is 11.5 Å². The molecule has 0 bridgehead atoms. The highest BCUT2D eigenvalue weighted by Gasteiger charge is 2.21. The van der Waals surface area contributed by atoms with Gasteiger partial charge >= 0.3 is 0 Å². The van der Waals surface area contributed by atoms with E-state index >= 15 is 0 Å². The fourth-order valence-electron chi connectivity index (χ4n) is 2.85. The third kappa shape index (κ3) is 6.52. The molecule has 1 aromatic heterocycles. The number of nitrogens with zero attached hydrogens (tertiary/aromatic N) is 2. The van der Waals surface area contributed by atoms with Crippen LogP contribution in [0.4, 0.5) is 0 Å². The van der Waals surface area contributed by atoms with E-state index in [1.165, 1.54) is 24.6 Å². The van der Waals surface area contributed by atoms with Crippen molar-refractivity contribution in [1.82, 2.24) is 15.5 Å². The van der Waals surface area contributed by atoms with Crippen LogP contribution in [0.15, 0.2) is 26.9 Å². The van der Waals surface area contributed by atoms with E-state index in [1.807, 2.05) is 18.2 Å². The van der Waals surface area contributed by atoms with Crippen molar-refractivity contribution >= 4 is 40.8 Å². The van der Waals surface area contributed by atoms with Crippen LogP contribution in [-0.4, -0.2) is 40.8 Å². The van der Waals surface area contributed by atoms with Crippen LogP contribution in [-0.2, 0) is 4.79 Å². The average molecular weight is 454 g/mol. The number of nitrogens with one attached hydrogen (secondary N) is 1. The molecule has 0 spiro atoms. The summed E-state index contributed by atoms with van der Waals surface area (Å²) in [5, 5.41) is 11.5. The van der Waals surface area contributed by atoms with Gasteiger partial charge in [0.25, 0.3) is 0 Å². The molecule has 9 heteroatoms. The van der Waals surface area contributed by atoms with E-state index in [9.17, 15) is 4.79 Å². The Labute approximate surface area is 184 Å². The molecule has 1 aliphatic rings. The van der Waals surface area contributed by atoms with E-state index in [-0.39, 0.29) is 17.9 Å². The molecule has 1 aromatic carbocycles. The van der Waals surface area contributed by atoms with Crippen LogP contribution < -0.4 is 14.8 Å². The SMILES string of the molecule is CCCCSc1nnc(SCC(=O)NC(c2ccc3c(c2)OCCO3)C(C)C)s1. The molecule has 1 atom stereocenters. The average Bonchev–Trinajstić information content (AvgIpc) is 3.18. The minimum atomic E-state index is -0.0893. The Balaban J connectivity index is 1.55. The summed E-state index contributed by atoms with van der Waals surface area (Å²) in [5.74, 6) is 3.11. The number of rotatable bonds is 10. The maximum absolute atomic E-state index is 12.6. The van der Waals surface area contributed by atoms with Gasteiger partial charge in [-0.1, -0.05) is 68.1 Å². The third-order valence-electron chi connectivity index (χ3n) is 4.35. The lowest BCUT2D eigenvalue weighted by atomic mass is 9.95. The molecule has 2 heterocycles. The minimum Gasteiger partial charge on any atom is -0.486 e. The number of hydrogen-bond acceptors (Lipinski definition) is 8. The summed E-state index contributed by atoms with van der Waals surface area (Å²) in [4.78, 5) is 12.6. The quantitative estimate of drug-likeness (QED) is 0.409. The molecule has 0 fully saturated rings. The summed E-state index contributed by atoms with van der Waals surface area (Å²) in [6.07, 6.45) is 2.35. The first-order valence-corrected chi connectivity index (χ1v) is 12.6. The number of ether oxygens (including phenoxy) is 2. The van der Waals surface area contributed by atoms with E-state index < -0.39 is 0 Å². The van der Waals surface area contributed by atoms with Gasteiger partial charge in [0, 0.05) is 5.75 Å². The van der Waals surface area contributed by atoms with Crippen LogP contribution in [0.1, 0.15) is 45.2 Å². The summed E-state index contributed by atoms with van der Waals surface area (Å²) < 4.78 is 13.1. The third-order valence-corrected chi connectivity index (χ3v) is 7.62. The summed E-state index contributed by atoms with van der Waals surface area (Å²) in [6.45, 7) is 7.49. The van der Waals surface area contributed by atoms with Crippen molar-refractivity contribution in [1.29, 1.82) is 0 Å². The van der Waals surface area contributed by atoms with Gasteiger partial charge in [0.05, 0.1) is 11.8 Å². The van der Waals surface area contributed by atoms with Gasteiger partial charge in [-0.05, 0) is 30.0 Å². The minimum absolute atomic E-state index is 0.0148. The number of carbonyl (C=O) groups excluding carboxylic acids is 1. The number of fused-ring (bicyclic) bond motifs is 1. The van der Waals surface area contributed by atoms with Crippen LogP contribution in [0.25, 0.3) is 0 Å². The van der Waals surface area contributed by atoms with Gasteiger partial charge < -0.3 is 14.8 Å². The summed E-state index contributed by atoms with van der Waals surface area (Å²) in [6, 6.07) is 5.79.